The molecule has 1 unspecified atom stereocenters. The maximum atomic E-state index is 13.5. The van der Waals surface area contributed by atoms with E-state index in [0.29, 0.717) is 22.4 Å². The number of benzene rings is 2. The van der Waals surface area contributed by atoms with Gasteiger partial charge in [-0.05, 0) is 51.7 Å². The van der Waals surface area contributed by atoms with E-state index in [4.69, 9.17) is 15.2 Å². The molecule has 0 bridgehead atoms. The number of methoxy groups -OCH3 is 2. The van der Waals surface area contributed by atoms with Crippen LogP contribution in [0.5, 0.6) is 11.5 Å². The summed E-state index contributed by atoms with van der Waals surface area (Å²) in [6, 6.07) is 10.2. The molecule has 2 N–H and O–H groups in total. The van der Waals surface area contributed by atoms with Crippen LogP contribution in [0.4, 0.5) is 4.39 Å². The summed E-state index contributed by atoms with van der Waals surface area (Å²) in [5, 5.41) is 0. The molecule has 112 valence electrons. The van der Waals surface area contributed by atoms with Crippen LogP contribution >= 0.6 is 15.9 Å². The Morgan fingerprint density at radius 3 is 2.33 bits per heavy atom. The lowest BCUT2D eigenvalue weighted by atomic mass is 9.99. The first-order chi connectivity index (χ1) is 10.0. The van der Waals surface area contributed by atoms with Crippen LogP contribution in [0.1, 0.15) is 17.2 Å². The van der Waals surface area contributed by atoms with Crippen LogP contribution in [0.2, 0.25) is 0 Å². The van der Waals surface area contributed by atoms with E-state index in [1.165, 1.54) is 6.07 Å². The molecule has 0 spiro atoms. The van der Waals surface area contributed by atoms with Gasteiger partial charge in [-0.3, -0.25) is 0 Å². The van der Waals surface area contributed by atoms with Gasteiger partial charge in [-0.1, -0.05) is 12.1 Å². The minimum absolute atomic E-state index is 0.285. The minimum atomic E-state index is -0.289. The molecular weight excluding hydrogens is 337 g/mol. The van der Waals surface area contributed by atoms with Gasteiger partial charge < -0.3 is 15.2 Å². The van der Waals surface area contributed by atoms with Gasteiger partial charge in [0.25, 0.3) is 0 Å². The minimum Gasteiger partial charge on any atom is -0.497 e. The number of hydrogen-bond donors (Lipinski definition) is 1. The van der Waals surface area contributed by atoms with Crippen molar-refractivity contribution in [2.75, 3.05) is 14.2 Å². The lowest BCUT2D eigenvalue weighted by Gasteiger charge is -2.16. The highest BCUT2D eigenvalue weighted by atomic mass is 79.9. The summed E-state index contributed by atoms with van der Waals surface area (Å²) in [7, 11) is 3.18. The Morgan fingerprint density at radius 2 is 1.76 bits per heavy atom. The number of rotatable bonds is 5. The fourth-order valence-electron chi connectivity index (χ4n) is 2.10. The standard InChI is InChI=1S/C16H17BrFNO2/c1-20-12-6-11(7-13(9-12)21-2)15(19)8-10-4-3-5-14(18)16(10)17/h3-7,9,15H,8,19H2,1-2H3. The van der Waals surface area contributed by atoms with Crippen molar-refractivity contribution < 1.29 is 13.9 Å². The molecule has 21 heavy (non-hydrogen) atoms. The Bertz CT molecular complexity index is 611. The normalized spacial score (nSPS) is 12.0. The highest BCUT2D eigenvalue weighted by molar-refractivity contribution is 9.10. The van der Waals surface area contributed by atoms with Gasteiger partial charge >= 0.3 is 0 Å². The first-order valence-corrected chi connectivity index (χ1v) is 7.26. The molecule has 0 saturated carbocycles. The molecule has 5 heteroatoms. The quantitative estimate of drug-likeness (QED) is 0.887. The van der Waals surface area contributed by atoms with Crippen molar-refractivity contribution in [3.63, 3.8) is 0 Å². The summed E-state index contributed by atoms with van der Waals surface area (Å²) in [6.45, 7) is 0. The van der Waals surface area contributed by atoms with Crippen molar-refractivity contribution in [3.05, 3.63) is 57.8 Å². The second-order valence-electron chi connectivity index (χ2n) is 4.67. The Morgan fingerprint density at radius 1 is 1.14 bits per heavy atom. The predicted octanol–water partition coefficient (Wildman–Crippen LogP) is 3.85. The van der Waals surface area contributed by atoms with Crippen LogP contribution in [0.25, 0.3) is 0 Å². The Kier molecular flexibility index (Phi) is 5.20. The third-order valence-electron chi connectivity index (χ3n) is 3.27. The van der Waals surface area contributed by atoms with Crippen molar-refractivity contribution in [2.24, 2.45) is 5.73 Å². The van der Waals surface area contributed by atoms with Gasteiger partial charge in [0, 0.05) is 12.1 Å². The van der Waals surface area contributed by atoms with Gasteiger partial charge in [0.1, 0.15) is 17.3 Å². The summed E-state index contributed by atoms with van der Waals surface area (Å²) in [6.07, 6.45) is 0.509. The monoisotopic (exact) mass is 353 g/mol. The van der Waals surface area contributed by atoms with Gasteiger partial charge in [0.05, 0.1) is 18.7 Å². The van der Waals surface area contributed by atoms with Crippen LogP contribution < -0.4 is 15.2 Å². The molecule has 0 heterocycles. The summed E-state index contributed by atoms with van der Waals surface area (Å²) >= 11 is 3.26. The van der Waals surface area contributed by atoms with Crippen molar-refractivity contribution >= 4 is 15.9 Å². The molecule has 0 aromatic heterocycles. The molecule has 2 rings (SSSR count). The number of hydrogen-bond acceptors (Lipinski definition) is 3. The van der Waals surface area contributed by atoms with E-state index in [1.54, 1.807) is 26.4 Å². The van der Waals surface area contributed by atoms with Crippen LogP contribution in [-0.2, 0) is 6.42 Å². The van der Waals surface area contributed by atoms with Crippen LogP contribution in [-0.4, -0.2) is 14.2 Å². The SMILES string of the molecule is COc1cc(OC)cc(C(N)Cc2cccc(F)c2Br)c1. The predicted molar refractivity (Wildman–Crippen MR) is 84.3 cm³/mol. The molecule has 0 radical (unpaired) electrons. The Labute approximate surface area is 132 Å². The molecule has 0 aliphatic rings. The number of halogens is 2. The molecule has 0 aliphatic carbocycles. The van der Waals surface area contributed by atoms with Gasteiger partial charge in [-0.15, -0.1) is 0 Å². The third kappa shape index (κ3) is 3.74. The fourth-order valence-corrected chi connectivity index (χ4v) is 2.53. The van der Waals surface area contributed by atoms with E-state index in [1.807, 2.05) is 18.2 Å². The first-order valence-electron chi connectivity index (χ1n) is 6.46. The van der Waals surface area contributed by atoms with Crippen molar-refractivity contribution in [1.29, 1.82) is 0 Å². The van der Waals surface area contributed by atoms with Gasteiger partial charge in [0.2, 0.25) is 0 Å². The second-order valence-corrected chi connectivity index (χ2v) is 5.46. The summed E-state index contributed by atoms with van der Waals surface area (Å²) in [5.41, 5.74) is 7.94. The van der Waals surface area contributed by atoms with E-state index >= 15 is 0 Å². The zero-order valence-corrected chi connectivity index (χ0v) is 13.5. The largest absolute Gasteiger partial charge is 0.497 e. The molecular formula is C16H17BrFNO2. The Hall–Kier alpha value is -1.59. The maximum Gasteiger partial charge on any atom is 0.137 e. The topological polar surface area (TPSA) is 44.5 Å². The van der Waals surface area contributed by atoms with Gasteiger partial charge in [-0.25, -0.2) is 4.39 Å². The molecule has 0 amide bonds. The molecule has 1 atom stereocenters. The lowest BCUT2D eigenvalue weighted by Crippen LogP contribution is -2.14. The van der Waals surface area contributed by atoms with E-state index < -0.39 is 0 Å². The Balaban J connectivity index is 2.27. The maximum absolute atomic E-state index is 13.5. The van der Waals surface area contributed by atoms with Crippen LogP contribution in [0.3, 0.4) is 0 Å². The molecule has 2 aromatic rings. The van der Waals surface area contributed by atoms with E-state index in [9.17, 15) is 4.39 Å². The van der Waals surface area contributed by atoms with Crippen LogP contribution in [0.15, 0.2) is 40.9 Å². The number of ether oxygens (including phenoxy) is 2. The molecule has 0 fully saturated rings. The smallest absolute Gasteiger partial charge is 0.137 e. The zero-order chi connectivity index (χ0) is 15.4. The van der Waals surface area contributed by atoms with Crippen LogP contribution in [0, 0.1) is 5.82 Å². The third-order valence-corrected chi connectivity index (χ3v) is 4.16. The fraction of sp³-hybridized carbons (Fsp3) is 0.250. The average molecular weight is 354 g/mol. The summed E-state index contributed by atoms with van der Waals surface area (Å²) in [4.78, 5) is 0. The molecule has 0 saturated heterocycles. The van der Waals surface area contributed by atoms with E-state index in [2.05, 4.69) is 15.9 Å². The second kappa shape index (κ2) is 6.91. The zero-order valence-electron chi connectivity index (χ0n) is 11.9. The molecule has 0 aliphatic heterocycles. The summed E-state index contributed by atoms with van der Waals surface area (Å²) in [5.74, 6) is 1.07. The molecule has 2 aromatic carbocycles. The van der Waals surface area contributed by atoms with Crippen molar-refractivity contribution in [3.8, 4) is 11.5 Å². The van der Waals surface area contributed by atoms with Gasteiger partial charge in [-0.2, -0.15) is 0 Å². The highest BCUT2D eigenvalue weighted by Gasteiger charge is 2.13. The van der Waals surface area contributed by atoms with Crippen molar-refractivity contribution in [1.82, 2.24) is 0 Å². The van der Waals surface area contributed by atoms with E-state index in [-0.39, 0.29) is 11.9 Å². The van der Waals surface area contributed by atoms with Gasteiger partial charge in [0.15, 0.2) is 0 Å². The first kappa shape index (κ1) is 15.8. The lowest BCUT2D eigenvalue weighted by molar-refractivity contribution is 0.392. The summed E-state index contributed by atoms with van der Waals surface area (Å²) < 4.78 is 24.5. The number of nitrogens with two attached hydrogens (primary N) is 1. The molecule has 3 nitrogen and oxygen atoms in total. The highest BCUT2D eigenvalue weighted by Crippen LogP contribution is 2.29. The average Bonchev–Trinajstić information content (AvgIpc) is 2.51. The van der Waals surface area contributed by atoms with Crippen molar-refractivity contribution in [2.45, 2.75) is 12.5 Å². The van der Waals surface area contributed by atoms with E-state index in [0.717, 1.165) is 11.1 Å².